The van der Waals surface area contributed by atoms with Crippen molar-refractivity contribution in [2.75, 3.05) is 53.6 Å². The summed E-state index contributed by atoms with van der Waals surface area (Å²) in [6, 6.07) is 4.56. The number of likely N-dealkylation sites (N-methyl/N-ethyl adjacent to an activating group) is 1. The van der Waals surface area contributed by atoms with E-state index in [0.29, 0.717) is 19.0 Å². The highest BCUT2D eigenvalue weighted by Crippen LogP contribution is 2.43. The lowest BCUT2D eigenvalue weighted by molar-refractivity contribution is -0.221. The van der Waals surface area contributed by atoms with Crippen LogP contribution in [0.25, 0.3) is 0 Å². The lowest BCUT2D eigenvalue weighted by Gasteiger charge is -2.51. The predicted molar refractivity (Wildman–Crippen MR) is 148 cm³/mol. The Balaban J connectivity index is 1.78. The average molecular weight is 571 g/mol. The number of nitrogens with zero attached hydrogens (tertiary/aromatic N) is 1. The van der Waals surface area contributed by atoms with Crippen LogP contribution in [0.5, 0.6) is 0 Å². The van der Waals surface area contributed by atoms with E-state index in [9.17, 15) is 9.59 Å². The van der Waals surface area contributed by atoms with Gasteiger partial charge in [-0.15, -0.1) is 0 Å². The van der Waals surface area contributed by atoms with Crippen molar-refractivity contribution in [3.05, 3.63) is 34.6 Å². The molecular weight excluding hydrogens is 527 g/mol. The fourth-order valence-electron chi connectivity index (χ4n) is 5.73. The summed E-state index contributed by atoms with van der Waals surface area (Å²) in [5.41, 5.74) is -2.25. The molecule has 2 aliphatic rings. The maximum atomic E-state index is 15.4. The Labute approximate surface area is 236 Å². The highest BCUT2D eigenvalue weighted by Gasteiger charge is 2.53. The number of rotatable bonds is 11. The largest absolute Gasteiger partial charge is 0.453 e. The number of carbonyl (C=O) groups excluding carboxylic acids is 2. The van der Waals surface area contributed by atoms with E-state index in [-0.39, 0.29) is 49.0 Å². The van der Waals surface area contributed by atoms with Crippen molar-refractivity contribution in [1.29, 1.82) is 0 Å². The number of halogens is 2. The predicted octanol–water partition coefficient (Wildman–Crippen LogP) is 4.43. The van der Waals surface area contributed by atoms with Gasteiger partial charge in [-0.25, -0.2) is 14.0 Å². The quantitative estimate of drug-likeness (QED) is 0.340. The molecule has 0 spiro atoms. The number of amides is 3. The third-order valence-corrected chi connectivity index (χ3v) is 8.40. The molecule has 0 bridgehead atoms. The number of alkyl carbamates (subject to hydrolysis) is 1. The molecule has 3 atom stereocenters. The fourth-order valence-corrected chi connectivity index (χ4v) is 5.91. The number of carbonyl (C=O) groups is 2. The third-order valence-electron chi connectivity index (χ3n) is 8.10. The molecule has 39 heavy (non-hydrogen) atoms. The molecule has 1 aliphatic heterocycles. The molecular formula is C28H44ClFN4O5. The maximum absolute atomic E-state index is 15.4. The van der Waals surface area contributed by atoms with E-state index in [1.807, 2.05) is 14.0 Å². The van der Waals surface area contributed by atoms with Crippen molar-refractivity contribution in [3.8, 4) is 0 Å². The topological polar surface area (TPSA) is 101 Å². The van der Waals surface area contributed by atoms with Crippen molar-refractivity contribution in [1.82, 2.24) is 20.9 Å². The van der Waals surface area contributed by atoms with E-state index in [1.165, 1.54) is 45.3 Å². The summed E-state index contributed by atoms with van der Waals surface area (Å²) in [6.07, 6.45) is 6.55. The summed E-state index contributed by atoms with van der Waals surface area (Å²) in [4.78, 5) is 26.7. The second-order valence-corrected chi connectivity index (χ2v) is 11.3. The van der Waals surface area contributed by atoms with Crippen LogP contribution < -0.4 is 16.0 Å². The van der Waals surface area contributed by atoms with Gasteiger partial charge in [-0.2, -0.15) is 0 Å². The Morgan fingerprint density at radius 1 is 1.31 bits per heavy atom. The van der Waals surface area contributed by atoms with Gasteiger partial charge in [-0.1, -0.05) is 55.8 Å². The molecule has 1 aliphatic carbocycles. The summed E-state index contributed by atoms with van der Waals surface area (Å²) in [5.74, 6) is 0.00371. The van der Waals surface area contributed by atoms with Crippen LogP contribution >= 0.6 is 11.6 Å². The molecule has 1 heterocycles. The Bertz CT molecular complexity index is 966. The fraction of sp³-hybridized carbons (Fsp3) is 0.714. The van der Waals surface area contributed by atoms with Gasteiger partial charge in [0.25, 0.3) is 0 Å². The second kappa shape index (κ2) is 14.5. The molecule has 9 nitrogen and oxygen atoms in total. The molecule has 0 aromatic heterocycles. The molecule has 11 heteroatoms. The average Bonchev–Trinajstić information content (AvgIpc) is 2.93. The Morgan fingerprint density at radius 2 is 2.05 bits per heavy atom. The zero-order chi connectivity index (χ0) is 28.5. The Hall–Kier alpha value is -2.14. The van der Waals surface area contributed by atoms with Gasteiger partial charge in [0.1, 0.15) is 17.0 Å². The van der Waals surface area contributed by atoms with Crippen LogP contribution in [0.1, 0.15) is 57.9 Å². The van der Waals surface area contributed by atoms with E-state index in [0.717, 1.165) is 6.42 Å². The minimum Gasteiger partial charge on any atom is -0.453 e. The van der Waals surface area contributed by atoms with Crippen molar-refractivity contribution in [2.24, 2.45) is 5.92 Å². The van der Waals surface area contributed by atoms with Crippen LogP contribution in [0, 0.1) is 11.7 Å². The summed E-state index contributed by atoms with van der Waals surface area (Å²) < 4.78 is 32.5. The lowest BCUT2D eigenvalue weighted by Crippen LogP contribution is -2.64. The summed E-state index contributed by atoms with van der Waals surface area (Å²) in [5, 5.41) is 8.96. The molecule has 0 unspecified atom stereocenters. The number of hydrogen-bond donors (Lipinski definition) is 3. The van der Waals surface area contributed by atoms with Crippen LogP contribution in [-0.4, -0.2) is 82.2 Å². The number of urea groups is 1. The Morgan fingerprint density at radius 3 is 2.74 bits per heavy atom. The van der Waals surface area contributed by atoms with Gasteiger partial charge in [-0.3, -0.25) is 0 Å². The first-order valence-corrected chi connectivity index (χ1v) is 14.3. The molecule has 1 aromatic carbocycles. The van der Waals surface area contributed by atoms with Gasteiger partial charge >= 0.3 is 12.1 Å². The summed E-state index contributed by atoms with van der Waals surface area (Å²) in [7, 11) is 3.16. The van der Waals surface area contributed by atoms with Gasteiger partial charge in [0, 0.05) is 31.2 Å². The van der Waals surface area contributed by atoms with Crippen LogP contribution in [0.3, 0.4) is 0 Å². The van der Waals surface area contributed by atoms with Crippen LogP contribution in [-0.2, 0) is 19.8 Å². The van der Waals surface area contributed by atoms with Crippen LogP contribution in [0.4, 0.5) is 14.0 Å². The van der Waals surface area contributed by atoms with Gasteiger partial charge < -0.3 is 35.1 Å². The van der Waals surface area contributed by atoms with E-state index in [2.05, 4.69) is 20.7 Å². The molecule has 220 valence electrons. The minimum absolute atomic E-state index is 0.0112. The number of ether oxygens (including phenoxy) is 3. The van der Waals surface area contributed by atoms with Crippen LogP contribution in [0.15, 0.2) is 18.2 Å². The SMILES string of the molecule is CNC[C@H](CC1CCCCC1)NC(=O)N1CCO[C@@](C)([C@@](C)(OCCNC(=O)OC)c2cccc(Cl)c2F)C1. The van der Waals surface area contributed by atoms with Crippen molar-refractivity contribution >= 4 is 23.7 Å². The van der Waals surface area contributed by atoms with Gasteiger partial charge in [0.2, 0.25) is 0 Å². The first kappa shape index (κ1) is 31.4. The number of methoxy groups -OCH3 is 1. The zero-order valence-corrected chi connectivity index (χ0v) is 24.4. The lowest BCUT2D eigenvalue weighted by atomic mass is 9.78. The van der Waals surface area contributed by atoms with E-state index < -0.39 is 23.1 Å². The number of nitrogens with one attached hydrogen (secondary N) is 3. The summed E-state index contributed by atoms with van der Waals surface area (Å²) in [6.45, 7) is 5.24. The number of morpholine rings is 1. The highest BCUT2D eigenvalue weighted by atomic mass is 35.5. The molecule has 3 rings (SSSR count). The van der Waals surface area contributed by atoms with Crippen molar-refractivity contribution < 1.29 is 28.2 Å². The molecule has 1 saturated carbocycles. The van der Waals surface area contributed by atoms with E-state index >= 15 is 4.39 Å². The molecule has 1 aromatic rings. The highest BCUT2D eigenvalue weighted by molar-refractivity contribution is 6.30. The van der Waals surface area contributed by atoms with Crippen LogP contribution in [0.2, 0.25) is 5.02 Å². The van der Waals surface area contributed by atoms with Gasteiger partial charge in [0.05, 0.1) is 31.9 Å². The van der Waals surface area contributed by atoms with Gasteiger partial charge in [0.15, 0.2) is 0 Å². The number of hydrogen-bond acceptors (Lipinski definition) is 6. The monoisotopic (exact) mass is 570 g/mol. The van der Waals surface area contributed by atoms with Crippen molar-refractivity contribution in [3.63, 3.8) is 0 Å². The molecule has 1 saturated heterocycles. The first-order valence-electron chi connectivity index (χ1n) is 13.9. The normalized spacial score (nSPS) is 22.6. The minimum atomic E-state index is -1.34. The first-order chi connectivity index (χ1) is 18.6. The maximum Gasteiger partial charge on any atom is 0.406 e. The summed E-state index contributed by atoms with van der Waals surface area (Å²) >= 11 is 6.15. The molecule has 3 amide bonds. The van der Waals surface area contributed by atoms with E-state index in [1.54, 1.807) is 24.0 Å². The van der Waals surface area contributed by atoms with Crippen molar-refractivity contribution in [2.45, 2.75) is 69.6 Å². The molecule has 2 fully saturated rings. The second-order valence-electron chi connectivity index (χ2n) is 10.8. The zero-order valence-electron chi connectivity index (χ0n) is 23.6. The van der Waals surface area contributed by atoms with Gasteiger partial charge in [-0.05, 0) is 39.3 Å². The standard InChI is InChI=1S/C28H44ClFN4O5/c1-27(28(2,39-15-13-32-26(36)37-4)22-11-8-12-23(29)24(22)30)19-34(14-16-38-27)25(35)33-21(18-31-3)17-20-9-6-5-7-10-20/h8,11-12,20-21,31H,5-7,9-10,13-19H2,1-4H3,(H,32,36)(H,33,35)/t21-,27+,28-/m0/s1. The van der Waals surface area contributed by atoms with E-state index in [4.69, 9.17) is 21.1 Å². The smallest absolute Gasteiger partial charge is 0.406 e. The Kier molecular flexibility index (Phi) is 11.7. The third kappa shape index (κ3) is 7.96. The molecule has 0 radical (unpaired) electrons. The number of benzene rings is 1. The molecule has 3 N–H and O–H groups in total.